The van der Waals surface area contributed by atoms with E-state index in [9.17, 15) is 9.18 Å². The summed E-state index contributed by atoms with van der Waals surface area (Å²) in [6, 6.07) is 7.23. The second kappa shape index (κ2) is 6.78. The standard InChI is InChI=1S/C18H10ClFN4OS/c19-17-14(2-1-7-22-17)24-15(5-6-16-21-8-9-26-16)23-13-4-3-11(20)10-12(13)18(24)25/h1-10H. The fourth-order valence-corrected chi connectivity index (χ4v) is 3.26. The first-order valence-electron chi connectivity index (χ1n) is 7.54. The summed E-state index contributed by atoms with van der Waals surface area (Å²) in [5, 5.41) is 2.93. The maximum Gasteiger partial charge on any atom is 0.266 e. The average molecular weight is 385 g/mol. The van der Waals surface area contributed by atoms with E-state index in [1.54, 1.807) is 30.5 Å². The van der Waals surface area contributed by atoms with E-state index in [1.165, 1.54) is 40.3 Å². The number of rotatable bonds is 3. The number of thiazole rings is 1. The highest BCUT2D eigenvalue weighted by atomic mass is 35.5. The highest BCUT2D eigenvalue weighted by molar-refractivity contribution is 7.10. The smallest absolute Gasteiger partial charge is 0.266 e. The molecule has 0 atom stereocenters. The zero-order chi connectivity index (χ0) is 18.1. The molecule has 0 saturated heterocycles. The molecule has 8 heteroatoms. The van der Waals surface area contributed by atoms with Crippen LogP contribution in [0.2, 0.25) is 5.15 Å². The molecular weight excluding hydrogens is 375 g/mol. The summed E-state index contributed by atoms with van der Waals surface area (Å²) in [6.07, 6.45) is 6.64. The lowest BCUT2D eigenvalue weighted by Gasteiger charge is -2.12. The molecule has 0 aliphatic carbocycles. The summed E-state index contributed by atoms with van der Waals surface area (Å²) in [4.78, 5) is 25.7. The summed E-state index contributed by atoms with van der Waals surface area (Å²) in [7, 11) is 0. The summed E-state index contributed by atoms with van der Waals surface area (Å²) in [5.41, 5.74) is 0.339. The maximum atomic E-state index is 13.6. The first-order valence-corrected chi connectivity index (χ1v) is 8.80. The van der Waals surface area contributed by atoms with Crippen molar-refractivity contribution in [3.8, 4) is 5.69 Å². The Hall–Kier alpha value is -2.90. The lowest BCUT2D eigenvalue weighted by atomic mass is 10.2. The molecule has 26 heavy (non-hydrogen) atoms. The third-order valence-corrected chi connectivity index (χ3v) is 4.69. The zero-order valence-corrected chi connectivity index (χ0v) is 14.7. The normalized spacial score (nSPS) is 11.5. The molecule has 4 aromatic rings. The van der Waals surface area contributed by atoms with Gasteiger partial charge in [0.1, 0.15) is 16.6 Å². The average Bonchev–Trinajstić information content (AvgIpc) is 3.15. The number of halogens is 2. The molecule has 0 spiro atoms. The van der Waals surface area contributed by atoms with Crippen molar-refractivity contribution >= 4 is 46.0 Å². The summed E-state index contributed by atoms with van der Waals surface area (Å²) in [5.74, 6) is -0.162. The van der Waals surface area contributed by atoms with Crippen molar-refractivity contribution < 1.29 is 4.39 Å². The van der Waals surface area contributed by atoms with Gasteiger partial charge in [-0.15, -0.1) is 11.3 Å². The fourth-order valence-electron chi connectivity index (χ4n) is 2.53. The predicted octanol–water partition coefficient (Wildman–Crippen LogP) is 4.20. The number of benzene rings is 1. The molecule has 5 nitrogen and oxygen atoms in total. The molecule has 4 rings (SSSR count). The van der Waals surface area contributed by atoms with Gasteiger partial charge in [-0.2, -0.15) is 0 Å². The molecule has 0 aliphatic rings. The minimum atomic E-state index is -0.508. The van der Waals surface area contributed by atoms with Gasteiger partial charge in [-0.1, -0.05) is 11.6 Å². The lowest BCUT2D eigenvalue weighted by molar-refractivity contribution is 0.629. The molecule has 0 amide bonds. The van der Waals surface area contributed by atoms with Crippen LogP contribution in [0, 0.1) is 5.82 Å². The Morgan fingerprint density at radius 3 is 2.81 bits per heavy atom. The van der Waals surface area contributed by atoms with Gasteiger partial charge < -0.3 is 0 Å². The molecule has 3 heterocycles. The van der Waals surface area contributed by atoms with E-state index >= 15 is 0 Å². The van der Waals surface area contributed by atoms with Crippen LogP contribution < -0.4 is 5.56 Å². The van der Waals surface area contributed by atoms with Crippen molar-refractivity contribution in [2.75, 3.05) is 0 Å². The van der Waals surface area contributed by atoms with Crippen LogP contribution in [-0.4, -0.2) is 19.5 Å². The molecule has 0 saturated carbocycles. The molecule has 0 unspecified atom stereocenters. The van der Waals surface area contributed by atoms with Crippen LogP contribution in [0.15, 0.2) is 52.9 Å². The minimum absolute atomic E-state index is 0.149. The van der Waals surface area contributed by atoms with Gasteiger partial charge in [0.2, 0.25) is 0 Å². The van der Waals surface area contributed by atoms with Crippen LogP contribution in [0.3, 0.4) is 0 Å². The van der Waals surface area contributed by atoms with Crippen LogP contribution in [-0.2, 0) is 0 Å². The Balaban J connectivity index is 2.02. The summed E-state index contributed by atoms with van der Waals surface area (Å²) < 4.78 is 14.9. The molecule has 0 bridgehead atoms. The van der Waals surface area contributed by atoms with Crippen LogP contribution in [0.25, 0.3) is 28.7 Å². The Bertz CT molecular complexity index is 1190. The lowest BCUT2D eigenvalue weighted by Crippen LogP contribution is -2.23. The Kier molecular flexibility index (Phi) is 4.32. The van der Waals surface area contributed by atoms with Crippen LogP contribution >= 0.6 is 22.9 Å². The molecule has 3 aromatic heterocycles. The fraction of sp³-hybridized carbons (Fsp3) is 0. The SMILES string of the molecule is O=c1c2cc(F)ccc2nc(C=Cc2nccs2)n1-c1cccnc1Cl. The first-order chi connectivity index (χ1) is 12.6. The number of nitrogens with zero attached hydrogens (tertiary/aromatic N) is 4. The Labute approximate surface area is 156 Å². The summed E-state index contributed by atoms with van der Waals surface area (Å²) >= 11 is 7.63. The minimum Gasteiger partial charge on any atom is -0.268 e. The quantitative estimate of drug-likeness (QED) is 0.497. The first kappa shape index (κ1) is 16.6. The Morgan fingerprint density at radius 2 is 2.04 bits per heavy atom. The van der Waals surface area contributed by atoms with E-state index in [1.807, 2.05) is 5.38 Å². The third-order valence-electron chi connectivity index (χ3n) is 3.66. The van der Waals surface area contributed by atoms with Gasteiger partial charge in [0, 0.05) is 17.8 Å². The third kappa shape index (κ3) is 3.02. The van der Waals surface area contributed by atoms with Crippen LogP contribution in [0.4, 0.5) is 4.39 Å². The highest BCUT2D eigenvalue weighted by Gasteiger charge is 2.14. The van der Waals surface area contributed by atoms with Crippen LogP contribution in [0.5, 0.6) is 0 Å². The topological polar surface area (TPSA) is 60.7 Å². The van der Waals surface area contributed by atoms with Gasteiger partial charge in [0.25, 0.3) is 5.56 Å². The van der Waals surface area contributed by atoms with Crippen molar-refractivity contribution in [1.82, 2.24) is 19.5 Å². The maximum absolute atomic E-state index is 13.6. The van der Waals surface area contributed by atoms with Gasteiger partial charge in [-0.05, 0) is 42.5 Å². The van der Waals surface area contributed by atoms with Crippen molar-refractivity contribution in [3.63, 3.8) is 0 Å². The molecule has 0 aliphatic heterocycles. The molecule has 0 fully saturated rings. The molecule has 1 aromatic carbocycles. The van der Waals surface area contributed by atoms with E-state index < -0.39 is 11.4 Å². The van der Waals surface area contributed by atoms with E-state index in [4.69, 9.17) is 11.6 Å². The van der Waals surface area contributed by atoms with Crippen molar-refractivity contribution in [2.45, 2.75) is 0 Å². The number of hydrogen-bond donors (Lipinski definition) is 0. The summed E-state index contributed by atoms with van der Waals surface area (Å²) in [6.45, 7) is 0. The number of pyridine rings is 1. The second-order valence-corrected chi connectivity index (χ2v) is 6.57. The molecule has 0 N–H and O–H groups in total. The van der Waals surface area contributed by atoms with Crippen molar-refractivity contribution in [3.05, 3.63) is 80.3 Å². The molecule has 0 radical (unpaired) electrons. The molecule has 128 valence electrons. The van der Waals surface area contributed by atoms with Gasteiger partial charge in [0.05, 0.1) is 16.6 Å². The van der Waals surface area contributed by atoms with E-state index in [2.05, 4.69) is 15.0 Å². The second-order valence-electron chi connectivity index (χ2n) is 5.29. The van der Waals surface area contributed by atoms with E-state index in [0.717, 1.165) is 5.01 Å². The van der Waals surface area contributed by atoms with Gasteiger partial charge >= 0.3 is 0 Å². The molecular formula is C18H10ClFN4OS. The monoisotopic (exact) mass is 384 g/mol. The number of hydrogen-bond acceptors (Lipinski definition) is 5. The van der Waals surface area contributed by atoms with E-state index in [-0.39, 0.29) is 10.5 Å². The highest BCUT2D eigenvalue weighted by Crippen LogP contribution is 2.20. The number of fused-ring (bicyclic) bond motifs is 1. The largest absolute Gasteiger partial charge is 0.268 e. The Morgan fingerprint density at radius 1 is 1.15 bits per heavy atom. The van der Waals surface area contributed by atoms with Crippen molar-refractivity contribution in [1.29, 1.82) is 0 Å². The van der Waals surface area contributed by atoms with Crippen LogP contribution in [0.1, 0.15) is 10.8 Å². The zero-order valence-electron chi connectivity index (χ0n) is 13.1. The predicted molar refractivity (Wildman–Crippen MR) is 101 cm³/mol. The van der Waals surface area contributed by atoms with E-state index in [0.29, 0.717) is 17.0 Å². The van der Waals surface area contributed by atoms with Gasteiger partial charge in [0.15, 0.2) is 5.15 Å². The van der Waals surface area contributed by atoms with Crippen molar-refractivity contribution in [2.24, 2.45) is 0 Å². The van der Waals surface area contributed by atoms with Gasteiger partial charge in [-0.25, -0.2) is 19.3 Å². The number of aromatic nitrogens is 4. The van der Waals surface area contributed by atoms with Gasteiger partial charge in [-0.3, -0.25) is 9.36 Å².